The number of rotatable bonds is 10. The number of ether oxygens (including phenoxy) is 2. The van der Waals surface area contributed by atoms with Crippen molar-refractivity contribution in [3.63, 3.8) is 0 Å². The van der Waals surface area contributed by atoms with E-state index in [9.17, 15) is 4.79 Å². The molecule has 8 heteroatoms. The van der Waals surface area contributed by atoms with Crippen molar-refractivity contribution < 1.29 is 14.3 Å². The van der Waals surface area contributed by atoms with Crippen LogP contribution in [-0.4, -0.2) is 52.6 Å². The average molecular weight is 495 g/mol. The topological polar surface area (TPSA) is 69.5 Å². The van der Waals surface area contributed by atoms with E-state index < -0.39 is 0 Å². The molecule has 0 saturated carbocycles. The molecule has 0 spiro atoms. The zero-order valence-electron chi connectivity index (χ0n) is 21.4. The molecule has 1 heterocycles. The van der Waals surface area contributed by atoms with Crippen molar-refractivity contribution in [1.29, 1.82) is 0 Å². The largest absolute Gasteiger partial charge is 0.493 e. The molecule has 3 aromatic rings. The number of allylic oxidation sites excluding steroid dienone is 1. The van der Waals surface area contributed by atoms with Gasteiger partial charge in [0.1, 0.15) is 0 Å². The Balaban J connectivity index is 1.69. The number of amides is 1. The van der Waals surface area contributed by atoms with Crippen molar-refractivity contribution in [1.82, 2.24) is 19.7 Å². The Morgan fingerprint density at radius 1 is 1.09 bits per heavy atom. The van der Waals surface area contributed by atoms with Crippen LogP contribution < -0.4 is 9.47 Å². The lowest BCUT2D eigenvalue weighted by Crippen LogP contribution is -2.28. The first-order valence-electron chi connectivity index (χ1n) is 11.4. The normalized spacial score (nSPS) is 11.3. The van der Waals surface area contributed by atoms with E-state index in [1.807, 2.05) is 28.8 Å². The second-order valence-corrected chi connectivity index (χ2v) is 10.2. The molecule has 0 radical (unpaired) electrons. The average Bonchev–Trinajstić information content (AvgIpc) is 3.24. The first-order valence-corrected chi connectivity index (χ1v) is 12.4. The summed E-state index contributed by atoms with van der Waals surface area (Å²) in [6.45, 7) is 11.5. The molecule has 0 atom stereocenters. The molecule has 1 amide bonds. The molecule has 35 heavy (non-hydrogen) atoms. The third kappa shape index (κ3) is 6.45. The number of nitrogens with zero attached hydrogens (tertiary/aromatic N) is 4. The van der Waals surface area contributed by atoms with E-state index in [-0.39, 0.29) is 17.1 Å². The van der Waals surface area contributed by atoms with Gasteiger partial charge in [-0.15, -0.1) is 16.8 Å². The van der Waals surface area contributed by atoms with E-state index in [0.717, 1.165) is 17.0 Å². The second kappa shape index (κ2) is 11.4. The van der Waals surface area contributed by atoms with Crippen LogP contribution in [0.1, 0.15) is 31.9 Å². The molecule has 0 fully saturated rings. The highest BCUT2D eigenvalue weighted by molar-refractivity contribution is 7.99. The van der Waals surface area contributed by atoms with Gasteiger partial charge in [-0.1, -0.05) is 68.9 Å². The van der Waals surface area contributed by atoms with Crippen LogP contribution >= 0.6 is 11.8 Å². The van der Waals surface area contributed by atoms with Gasteiger partial charge in [0.15, 0.2) is 22.5 Å². The van der Waals surface area contributed by atoms with Gasteiger partial charge in [-0.3, -0.25) is 9.36 Å². The number of carbonyl (C=O) groups is 1. The Hall–Kier alpha value is -3.26. The maximum atomic E-state index is 12.8. The molecule has 0 unspecified atom stereocenters. The Labute approximate surface area is 212 Å². The van der Waals surface area contributed by atoms with Gasteiger partial charge in [-0.25, -0.2) is 0 Å². The lowest BCUT2D eigenvalue weighted by Gasteiger charge is -2.19. The fraction of sp³-hybridized carbons (Fsp3) is 0.370. The molecule has 186 valence electrons. The molecule has 3 rings (SSSR count). The molecule has 7 nitrogen and oxygen atoms in total. The number of hydrogen-bond acceptors (Lipinski definition) is 6. The summed E-state index contributed by atoms with van der Waals surface area (Å²) in [4.78, 5) is 14.5. The van der Waals surface area contributed by atoms with Crippen LogP contribution in [0.25, 0.3) is 11.4 Å². The van der Waals surface area contributed by atoms with Crippen LogP contribution in [0.4, 0.5) is 0 Å². The number of methoxy groups -OCH3 is 2. The molecular formula is C27H34N4O3S. The Morgan fingerprint density at radius 2 is 1.77 bits per heavy atom. The van der Waals surface area contributed by atoms with Gasteiger partial charge in [0.05, 0.1) is 20.0 Å². The van der Waals surface area contributed by atoms with Gasteiger partial charge in [-0.05, 0) is 28.7 Å². The van der Waals surface area contributed by atoms with E-state index in [4.69, 9.17) is 9.47 Å². The van der Waals surface area contributed by atoms with Crippen LogP contribution in [0.3, 0.4) is 0 Å². The van der Waals surface area contributed by atoms with E-state index in [2.05, 4.69) is 61.8 Å². The Morgan fingerprint density at radius 3 is 2.37 bits per heavy atom. The quantitative estimate of drug-likeness (QED) is 0.285. The fourth-order valence-corrected chi connectivity index (χ4v) is 4.49. The first-order chi connectivity index (χ1) is 16.7. The molecule has 0 aliphatic rings. The highest BCUT2D eigenvalue weighted by Crippen LogP contribution is 2.29. The van der Waals surface area contributed by atoms with Crippen molar-refractivity contribution in [2.75, 3.05) is 27.0 Å². The van der Waals surface area contributed by atoms with Crippen LogP contribution in [0.5, 0.6) is 11.5 Å². The van der Waals surface area contributed by atoms with E-state index in [1.54, 1.807) is 26.2 Å². The van der Waals surface area contributed by atoms with Gasteiger partial charge < -0.3 is 14.4 Å². The number of aromatic nitrogens is 3. The summed E-state index contributed by atoms with van der Waals surface area (Å²) in [7, 11) is 4.98. The van der Waals surface area contributed by atoms with Gasteiger partial charge in [-0.2, -0.15) is 0 Å². The second-order valence-electron chi connectivity index (χ2n) is 9.26. The van der Waals surface area contributed by atoms with E-state index in [1.165, 1.54) is 17.3 Å². The maximum Gasteiger partial charge on any atom is 0.233 e. The van der Waals surface area contributed by atoms with E-state index in [0.29, 0.717) is 29.7 Å². The van der Waals surface area contributed by atoms with Gasteiger partial charge in [0.2, 0.25) is 5.91 Å². The molecule has 0 saturated heterocycles. The minimum atomic E-state index is -0.00554. The van der Waals surface area contributed by atoms with Crippen molar-refractivity contribution in [3.05, 3.63) is 66.2 Å². The molecule has 0 bridgehead atoms. The predicted octanol–water partition coefficient (Wildman–Crippen LogP) is 5.20. The third-order valence-corrected chi connectivity index (χ3v) is 6.61. The minimum Gasteiger partial charge on any atom is -0.493 e. The molecule has 0 aliphatic heterocycles. The van der Waals surface area contributed by atoms with Crippen molar-refractivity contribution in [2.24, 2.45) is 0 Å². The highest BCUT2D eigenvalue weighted by atomic mass is 32.2. The fourth-order valence-electron chi connectivity index (χ4n) is 3.60. The van der Waals surface area contributed by atoms with Crippen LogP contribution in [0.2, 0.25) is 0 Å². The smallest absolute Gasteiger partial charge is 0.233 e. The van der Waals surface area contributed by atoms with Gasteiger partial charge in [0, 0.05) is 25.7 Å². The summed E-state index contributed by atoms with van der Waals surface area (Å²) in [5, 5.41) is 9.47. The summed E-state index contributed by atoms with van der Waals surface area (Å²) in [6.07, 6.45) is 1.81. The summed E-state index contributed by atoms with van der Waals surface area (Å²) >= 11 is 1.38. The summed E-state index contributed by atoms with van der Waals surface area (Å²) in [6, 6.07) is 14.0. The number of hydrogen-bond donors (Lipinski definition) is 0. The first kappa shape index (κ1) is 26.3. The number of thioether (sulfide) groups is 1. The van der Waals surface area contributed by atoms with Crippen molar-refractivity contribution >= 4 is 17.7 Å². The molecule has 0 aliphatic carbocycles. The highest BCUT2D eigenvalue weighted by Gasteiger charge is 2.18. The van der Waals surface area contributed by atoms with Crippen LogP contribution in [0.15, 0.2) is 60.3 Å². The van der Waals surface area contributed by atoms with Crippen molar-refractivity contribution in [2.45, 2.75) is 44.4 Å². The minimum absolute atomic E-state index is 0.00554. The summed E-state index contributed by atoms with van der Waals surface area (Å²) in [5.74, 6) is 2.31. The molecule has 2 aromatic carbocycles. The summed E-state index contributed by atoms with van der Waals surface area (Å²) in [5.41, 5.74) is 3.28. The Bertz CT molecular complexity index is 1170. The molecular weight excluding hydrogens is 460 g/mol. The lowest BCUT2D eigenvalue weighted by molar-refractivity contribution is -0.127. The number of benzene rings is 2. The van der Waals surface area contributed by atoms with Gasteiger partial charge >= 0.3 is 0 Å². The predicted molar refractivity (Wildman–Crippen MR) is 141 cm³/mol. The van der Waals surface area contributed by atoms with E-state index >= 15 is 0 Å². The lowest BCUT2D eigenvalue weighted by atomic mass is 9.87. The van der Waals surface area contributed by atoms with Crippen LogP contribution in [0, 0.1) is 0 Å². The Kier molecular flexibility index (Phi) is 8.62. The third-order valence-electron chi connectivity index (χ3n) is 5.66. The molecule has 0 N–H and O–H groups in total. The molecule has 1 aromatic heterocycles. The number of carbonyl (C=O) groups excluding carboxylic acids is 1. The SMILES string of the molecule is C=CCn1c(SCC(=O)N(C)Cc2ccc(OC)c(OC)c2)nnc1-c1ccc(C(C)(C)C)cc1. The zero-order valence-corrected chi connectivity index (χ0v) is 22.2. The van der Waals surface area contributed by atoms with Crippen LogP contribution in [-0.2, 0) is 23.3 Å². The summed E-state index contributed by atoms with van der Waals surface area (Å²) < 4.78 is 12.6. The van der Waals surface area contributed by atoms with Gasteiger partial charge in [0.25, 0.3) is 0 Å². The monoisotopic (exact) mass is 494 g/mol. The maximum absolute atomic E-state index is 12.8. The zero-order chi connectivity index (χ0) is 25.6. The standard InChI is InChI=1S/C27H34N4O3S/c1-8-15-31-25(20-10-12-21(13-11-20)27(2,3)4)28-29-26(31)35-18-24(32)30(5)17-19-9-14-22(33-6)23(16-19)34-7/h8-14,16H,1,15,17-18H2,2-7H3. The van der Waals surface area contributed by atoms with Crippen molar-refractivity contribution in [3.8, 4) is 22.9 Å².